The first-order chi connectivity index (χ1) is 18.5. The number of likely N-dealkylation sites (tertiary alicyclic amines) is 1. The van der Waals surface area contributed by atoms with Crippen LogP contribution in [0.1, 0.15) is 43.9 Å². The number of hydrogen-bond acceptors (Lipinski definition) is 4. The minimum absolute atomic E-state index is 0.0726. The van der Waals surface area contributed by atoms with Crippen molar-refractivity contribution in [3.63, 3.8) is 0 Å². The highest BCUT2D eigenvalue weighted by atomic mass is 32.2. The minimum atomic E-state index is -1.98. The number of aliphatic carboxylic acids is 1. The van der Waals surface area contributed by atoms with Gasteiger partial charge >= 0.3 is 5.97 Å². The van der Waals surface area contributed by atoms with E-state index in [4.69, 9.17) is 4.43 Å². The molecule has 1 fully saturated rings. The maximum atomic E-state index is 13.4. The fraction of sp³-hybridized carbons (Fsp3) is 0.375. The SMILES string of the molecule is CC(C)(C)[Si](C)(C)OCCC1C(=O)N(CC(=O)O)C1SC(c1ccccc1)(c1ccccc1)c1ccccc1. The molecule has 39 heavy (non-hydrogen) atoms. The molecule has 2 atom stereocenters. The van der Waals surface area contributed by atoms with E-state index in [0.717, 1.165) is 16.7 Å². The van der Waals surface area contributed by atoms with E-state index in [1.54, 1.807) is 11.8 Å². The normalized spacial score (nSPS) is 18.1. The molecule has 1 N–H and O–H groups in total. The molecule has 1 amide bonds. The molecule has 0 saturated carbocycles. The van der Waals surface area contributed by atoms with Crippen molar-refractivity contribution in [2.75, 3.05) is 13.2 Å². The van der Waals surface area contributed by atoms with E-state index in [1.165, 1.54) is 4.90 Å². The Balaban J connectivity index is 1.76. The molecule has 0 radical (unpaired) electrons. The quantitative estimate of drug-likeness (QED) is 0.155. The van der Waals surface area contributed by atoms with E-state index in [1.807, 2.05) is 54.6 Å². The molecule has 1 saturated heterocycles. The molecule has 1 aliphatic heterocycles. The van der Waals surface area contributed by atoms with E-state index < -0.39 is 19.0 Å². The first-order valence-corrected chi connectivity index (χ1v) is 17.3. The van der Waals surface area contributed by atoms with Crippen molar-refractivity contribution >= 4 is 32.0 Å². The Morgan fingerprint density at radius 2 is 1.31 bits per heavy atom. The fourth-order valence-electron chi connectivity index (χ4n) is 4.88. The van der Waals surface area contributed by atoms with Crippen LogP contribution in [0.25, 0.3) is 0 Å². The lowest BCUT2D eigenvalue weighted by Crippen LogP contribution is -2.62. The molecule has 1 heterocycles. The van der Waals surface area contributed by atoms with Crippen LogP contribution in [0.5, 0.6) is 0 Å². The first-order valence-electron chi connectivity index (χ1n) is 13.5. The van der Waals surface area contributed by atoms with E-state index >= 15 is 0 Å². The van der Waals surface area contributed by atoms with Crippen LogP contribution in [0.3, 0.4) is 0 Å². The lowest BCUT2D eigenvalue weighted by molar-refractivity contribution is -0.158. The predicted octanol–water partition coefficient (Wildman–Crippen LogP) is 6.99. The summed E-state index contributed by atoms with van der Waals surface area (Å²) in [5.74, 6) is -1.44. The Labute approximate surface area is 237 Å². The molecule has 0 bridgehead atoms. The maximum Gasteiger partial charge on any atom is 0.323 e. The Bertz CT molecular complexity index is 1160. The van der Waals surface area contributed by atoms with E-state index in [2.05, 4.69) is 70.3 Å². The smallest absolute Gasteiger partial charge is 0.323 e. The molecule has 0 aromatic heterocycles. The van der Waals surface area contributed by atoms with Gasteiger partial charge in [0.1, 0.15) is 6.54 Å². The lowest BCUT2D eigenvalue weighted by atomic mass is 9.84. The van der Waals surface area contributed by atoms with Crippen LogP contribution in [-0.4, -0.2) is 48.7 Å². The van der Waals surface area contributed by atoms with Gasteiger partial charge < -0.3 is 14.4 Å². The third-order valence-electron chi connectivity index (χ3n) is 8.09. The number of nitrogens with zero attached hydrogens (tertiary/aromatic N) is 1. The number of thioether (sulfide) groups is 1. The zero-order valence-electron chi connectivity index (χ0n) is 23.5. The summed E-state index contributed by atoms with van der Waals surface area (Å²) >= 11 is 1.66. The summed E-state index contributed by atoms with van der Waals surface area (Å²) in [7, 11) is -1.98. The topological polar surface area (TPSA) is 66.8 Å². The second kappa shape index (κ2) is 11.7. The van der Waals surface area contributed by atoms with E-state index in [-0.39, 0.29) is 28.8 Å². The number of benzene rings is 3. The van der Waals surface area contributed by atoms with Gasteiger partial charge in [-0.1, -0.05) is 112 Å². The predicted molar refractivity (Wildman–Crippen MR) is 161 cm³/mol. The molecular weight excluding hydrogens is 523 g/mol. The van der Waals surface area contributed by atoms with Crippen molar-refractivity contribution in [3.05, 3.63) is 108 Å². The van der Waals surface area contributed by atoms with E-state index in [9.17, 15) is 14.7 Å². The number of carboxylic acids is 1. The third kappa shape index (κ3) is 6.00. The van der Waals surface area contributed by atoms with Crippen molar-refractivity contribution in [1.82, 2.24) is 4.90 Å². The van der Waals surface area contributed by atoms with Gasteiger partial charge in [-0.2, -0.15) is 0 Å². The lowest BCUT2D eigenvalue weighted by Gasteiger charge is -2.50. The van der Waals surface area contributed by atoms with Gasteiger partial charge in [0.05, 0.1) is 16.0 Å². The van der Waals surface area contributed by atoms with Crippen LogP contribution in [0.4, 0.5) is 0 Å². The Kier molecular flexibility index (Phi) is 8.74. The average Bonchev–Trinajstić information content (AvgIpc) is 2.92. The summed E-state index contributed by atoms with van der Waals surface area (Å²) in [4.78, 5) is 26.7. The standard InChI is InChI=1S/C32H39NO4SSi/c1-31(2,3)39(4,5)37-22-21-27-29(36)33(23-28(34)35)30(27)38-32(24-15-9-6-10-16-24,25-17-11-7-12-18-25)26-19-13-8-14-20-26/h6-20,27,30H,21-23H2,1-5H3,(H,34,35). The summed E-state index contributed by atoms with van der Waals surface area (Å²) in [6.07, 6.45) is 0.563. The van der Waals surface area contributed by atoms with Crippen molar-refractivity contribution in [2.45, 2.75) is 55.4 Å². The molecule has 5 nitrogen and oxygen atoms in total. The van der Waals surface area contributed by atoms with Gasteiger partial charge in [0, 0.05) is 6.61 Å². The molecule has 1 aliphatic rings. The Morgan fingerprint density at radius 1 is 0.872 bits per heavy atom. The zero-order valence-corrected chi connectivity index (χ0v) is 25.3. The molecule has 3 aromatic rings. The van der Waals surface area contributed by atoms with Crippen LogP contribution in [0.15, 0.2) is 91.0 Å². The summed E-state index contributed by atoms with van der Waals surface area (Å²) in [5.41, 5.74) is 3.25. The first kappa shape index (κ1) is 29.1. The molecular formula is C32H39NO4SSi. The average molecular weight is 562 g/mol. The van der Waals surface area contributed by atoms with Crippen LogP contribution < -0.4 is 0 Å². The summed E-state index contributed by atoms with van der Waals surface area (Å²) in [6.45, 7) is 11.2. The summed E-state index contributed by atoms with van der Waals surface area (Å²) < 4.78 is 5.79. The number of amides is 1. The highest BCUT2D eigenvalue weighted by Gasteiger charge is 2.53. The number of carboxylic acid groups (broad SMARTS) is 1. The monoisotopic (exact) mass is 561 g/mol. The van der Waals surface area contributed by atoms with Gasteiger partial charge in [-0.05, 0) is 41.2 Å². The van der Waals surface area contributed by atoms with Crippen LogP contribution >= 0.6 is 11.8 Å². The number of hydrogen-bond donors (Lipinski definition) is 1. The number of carbonyl (C=O) groups excluding carboxylic acids is 1. The van der Waals surface area contributed by atoms with Gasteiger partial charge in [0.15, 0.2) is 8.32 Å². The second-order valence-corrected chi connectivity index (χ2v) is 17.8. The molecule has 0 spiro atoms. The second-order valence-electron chi connectivity index (χ2n) is 11.7. The molecule has 3 aromatic carbocycles. The van der Waals surface area contributed by atoms with Crippen LogP contribution in [0.2, 0.25) is 18.1 Å². The Hall–Kier alpha value is -2.87. The van der Waals surface area contributed by atoms with Crippen molar-refractivity contribution in [1.29, 1.82) is 0 Å². The minimum Gasteiger partial charge on any atom is -0.480 e. The van der Waals surface area contributed by atoms with Crippen molar-refractivity contribution in [2.24, 2.45) is 5.92 Å². The molecule has 0 aliphatic carbocycles. The van der Waals surface area contributed by atoms with Gasteiger partial charge in [-0.15, -0.1) is 11.8 Å². The van der Waals surface area contributed by atoms with Gasteiger partial charge in [-0.25, -0.2) is 0 Å². The summed E-state index contributed by atoms with van der Waals surface area (Å²) in [5, 5.41) is 9.42. The number of rotatable bonds is 11. The van der Waals surface area contributed by atoms with Gasteiger partial charge in [-0.3, -0.25) is 9.59 Å². The molecule has 206 valence electrons. The summed E-state index contributed by atoms with van der Waals surface area (Å²) in [6, 6.07) is 30.9. The largest absolute Gasteiger partial charge is 0.480 e. The number of β-lactam (4-membered cyclic amide) rings is 1. The van der Waals surface area contributed by atoms with Crippen LogP contribution in [0, 0.1) is 5.92 Å². The van der Waals surface area contributed by atoms with Gasteiger partial charge in [0.2, 0.25) is 5.91 Å². The molecule has 2 unspecified atom stereocenters. The van der Waals surface area contributed by atoms with Gasteiger partial charge in [0.25, 0.3) is 0 Å². The molecule has 7 heteroatoms. The number of carbonyl (C=O) groups is 2. The highest BCUT2D eigenvalue weighted by Crippen LogP contribution is 2.54. The van der Waals surface area contributed by atoms with Crippen molar-refractivity contribution in [3.8, 4) is 0 Å². The van der Waals surface area contributed by atoms with Crippen LogP contribution in [-0.2, 0) is 18.8 Å². The van der Waals surface area contributed by atoms with E-state index in [0.29, 0.717) is 13.0 Å². The zero-order chi connectivity index (χ0) is 28.3. The fourth-order valence-corrected chi connectivity index (χ4v) is 7.84. The Morgan fingerprint density at radius 3 is 1.69 bits per heavy atom. The molecule has 4 rings (SSSR count). The maximum absolute atomic E-state index is 13.4. The van der Waals surface area contributed by atoms with Crippen molar-refractivity contribution < 1.29 is 19.1 Å². The highest BCUT2D eigenvalue weighted by molar-refractivity contribution is 8.01. The third-order valence-corrected chi connectivity index (χ3v) is 14.5.